The van der Waals surface area contributed by atoms with Gasteiger partial charge in [0, 0.05) is 11.9 Å². The highest BCUT2D eigenvalue weighted by molar-refractivity contribution is 9.09. The van der Waals surface area contributed by atoms with Gasteiger partial charge in [-0.2, -0.15) is 0 Å². The third kappa shape index (κ3) is 2.03. The molecule has 1 fully saturated rings. The van der Waals surface area contributed by atoms with E-state index in [4.69, 9.17) is 0 Å². The van der Waals surface area contributed by atoms with Crippen LogP contribution in [0.4, 0.5) is 0 Å². The number of alkyl halides is 1. The largest absolute Gasteiger partial charge is 0.272 e. The monoisotopic (exact) mass is 325 g/mol. The van der Waals surface area contributed by atoms with Crippen LogP contribution in [0.25, 0.3) is 0 Å². The van der Waals surface area contributed by atoms with E-state index in [1.807, 2.05) is 13.8 Å². The fourth-order valence-electron chi connectivity index (χ4n) is 1.92. The molecule has 0 radical (unpaired) electrons. The molecule has 1 amide bonds. The zero-order valence-electron chi connectivity index (χ0n) is 10.8. The van der Waals surface area contributed by atoms with Crippen LogP contribution in [0.1, 0.15) is 40.5 Å². The minimum absolute atomic E-state index is 0.154. The smallest absolute Gasteiger partial charge is 0.258 e. The van der Waals surface area contributed by atoms with Crippen molar-refractivity contribution >= 4 is 31.9 Å². The first-order chi connectivity index (χ1) is 7.68. The third-order valence-corrected chi connectivity index (χ3v) is 7.47. The molecule has 6 heteroatoms. The van der Waals surface area contributed by atoms with E-state index in [-0.39, 0.29) is 17.9 Å². The van der Waals surface area contributed by atoms with Crippen LogP contribution in [-0.4, -0.2) is 35.3 Å². The van der Waals surface area contributed by atoms with Crippen molar-refractivity contribution in [3.63, 3.8) is 0 Å². The summed E-state index contributed by atoms with van der Waals surface area (Å²) in [5.41, 5.74) is -0.154. The Kier molecular flexibility index (Phi) is 3.99. The van der Waals surface area contributed by atoms with Crippen LogP contribution < -0.4 is 0 Å². The first-order valence-electron chi connectivity index (χ1n) is 5.81. The van der Waals surface area contributed by atoms with Gasteiger partial charge in [-0.25, -0.2) is 12.7 Å². The normalized spacial score (nSPS) is 22.4. The van der Waals surface area contributed by atoms with Crippen LogP contribution in [0, 0.1) is 5.41 Å². The highest BCUT2D eigenvalue weighted by Gasteiger charge is 2.61. The van der Waals surface area contributed by atoms with Gasteiger partial charge in [0.2, 0.25) is 0 Å². The average Bonchev–Trinajstić information content (AvgIpc) is 2.30. The van der Waals surface area contributed by atoms with Crippen molar-refractivity contribution in [3.05, 3.63) is 0 Å². The summed E-state index contributed by atoms with van der Waals surface area (Å²) in [6, 6.07) is 0. The van der Waals surface area contributed by atoms with Gasteiger partial charge < -0.3 is 0 Å². The molecule has 4 nitrogen and oxygen atoms in total. The van der Waals surface area contributed by atoms with E-state index in [0.29, 0.717) is 5.33 Å². The molecular weight excluding hydrogens is 306 g/mol. The molecule has 0 saturated carbocycles. The molecule has 0 N–H and O–H groups in total. The summed E-state index contributed by atoms with van der Waals surface area (Å²) < 4.78 is 23.8. The van der Waals surface area contributed by atoms with Crippen LogP contribution >= 0.6 is 15.9 Å². The molecule has 100 valence electrons. The van der Waals surface area contributed by atoms with Gasteiger partial charge in [0.25, 0.3) is 15.9 Å². The Balaban J connectivity index is 2.96. The van der Waals surface area contributed by atoms with Crippen LogP contribution in [0.3, 0.4) is 0 Å². The van der Waals surface area contributed by atoms with E-state index in [9.17, 15) is 13.2 Å². The first-order valence-corrected chi connectivity index (χ1v) is 8.37. The molecule has 1 rings (SSSR count). The highest BCUT2D eigenvalue weighted by Crippen LogP contribution is 2.40. The van der Waals surface area contributed by atoms with E-state index in [2.05, 4.69) is 15.9 Å². The molecule has 1 saturated heterocycles. The maximum atomic E-state index is 12.0. The number of sulfonamides is 1. The second-order valence-corrected chi connectivity index (χ2v) is 8.14. The van der Waals surface area contributed by atoms with Crippen molar-refractivity contribution in [1.29, 1.82) is 0 Å². The van der Waals surface area contributed by atoms with Crippen molar-refractivity contribution < 1.29 is 13.2 Å². The van der Waals surface area contributed by atoms with Crippen LogP contribution in [0.15, 0.2) is 0 Å². The molecule has 1 aliphatic rings. The molecule has 0 aromatic heterocycles. The van der Waals surface area contributed by atoms with Crippen LogP contribution in [0.2, 0.25) is 0 Å². The lowest BCUT2D eigenvalue weighted by molar-refractivity contribution is -0.133. The molecule has 1 heterocycles. The lowest BCUT2D eigenvalue weighted by Crippen LogP contribution is -2.68. The zero-order valence-corrected chi connectivity index (χ0v) is 13.2. The number of carbonyl (C=O) groups is 1. The van der Waals surface area contributed by atoms with E-state index in [0.717, 1.165) is 17.1 Å². The SMILES string of the molecule is CCC(CC)(CBr)CN1C(=O)C(C)(C)S1(=O)=O. The lowest BCUT2D eigenvalue weighted by atomic mass is 9.84. The summed E-state index contributed by atoms with van der Waals surface area (Å²) in [5.74, 6) is -0.287. The molecule has 0 atom stereocenters. The second-order valence-electron chi connectivity index (χ2n) is 5.17. The van der Waals surface area contributed by atoms with Crippen LogP contribution in [-0.2, 0) is 14.8 Å². The van der Waals surface area contributed by atoms with Crippen molar-refractivity contribution in [1.82, 2.24) is 4.31 Å². The highest BCUT2D eigenvalue weighted by atomic mass is 79.9. The number of amides is 1. The Hall–Kier alpha value is -0.100. The predicted octanol–water partition coefficient (Wildman–Crippen LogP) is 2.14. The Bertz CT molecular complexity index is 404. The van der Waals surface area contributed by atoms with Gasteiger partial charge >= 0.3 is 0 Å². The van der Waals surface area contributed by atoms with Crippen molar-refractivity contribution in [2.45, 2.75) is 45.3 Å². The Morgan fingerprint density at radius 1 is 1.29 bits per heavy atom. The topological polar surface area (TPSA) is 54.5 Å². The van der Waals surface area contributed by atoms with Crippen molar-refractivity contribution in [3.8, 4) is 0 Å². The van der Waals surface area contributed by atoms with Gasteiger partial charge in [0.1, 0.15) is 0 Å². The Labute approximate surface area is 112 Å². The first kappa shape index (κ1) is 15.0. The van der Waals surface area contributed by atoms with E-state index in [1.165, 1.54) is 13.8 Å². The quantitative estimate of drug-likeness (QED) is 0.728. The molecule has 0 aromatic rings. The third-order valence-electron chi connectivity index (χ3n) is 3.94. The summed E-state index contributed by atoms with van der Waals surface area (Å²) in [5, 5.41) is 0.701. The fourth-order valence-corrected chi connectivity index (χ4v) is 4.53. The summed E-state index contributed by atoms with van der Waals surface area (Å²) in [7, 11) is -3.45. The minimum Gasteiger partial charge on any atom is -0.272 e. The summed E-state index contributed by atoms with van der Waals surface area (Å²) >= 11 is 3.43. The summed E-state index contributed by atoms with van der Waals surface area (Å²) in [6.07, 6.45) is 1.68. The van der Waals surface area contributed by atoms with Crippen LogP contribution in [0.5, 0.6) is 0 Å². The fraction of sp³-hybridized carbons (Fsp3) is 0.909. The van der Waals surface area contributed by atoms with Gasteiger partial charge in [0.05, 0.1) is 0 Å². The number of hydrogen-bond donors (Lipinski definition) is 0. The molecular formula is C11H20BrNO3S. The molecule has 0 spiro atoms. The Morgan fingerprint density at radius 3 is 2.06 bits per heavy atom. The number of nitrogens with zero attached hydrogens (tertiary/aromatic N) is 1. The molecule has 0 bridgehead atoms. The molecule has 0 aromatic carbocycles. The van der Waals surface area contributed by atoms with Crippen molar-refractivity contribution in [2.24, 2.45) is 5.41 Å². The summed E-state index contributed by atoms with van der Waals surface area (Å²) in [6.45, 7) is 7.26. The number of hydrogen-bond acceptors (Lipinski definition) is 3. The maximum Gasteiger partial charge on any atom is 0.258 e. The molecule has 1 aliphatic heterocycles. The number of rotatable bonds is 5. The van der Waals surface area contributed by atoms with Gasteiger partial charge in [-0.1, -0.05) is 29.8 Å². The van der Waals surface area contributed by atoms with Gasteiger partial charge in [-0.05, 0) is 32.1 Å². The van der Waals surface area contributed by atoms with Gasteiger partial charge in [-0.3, -0.25) is 4.79 Å². The number of carbonyl (C=O) groups excluding carboxylic acids is 1. The number of halogens is 1. The standard InChI is InChI=1S/C11H20BrNO3S/c1-5-11(6-2,7-12)8-13-9(14)10(3,4)17(13,15)16/h5-8H2,1-4H3. The molecule has 0 aliphatic carbocycles. The maximum absolute atomic E-state index is 12.0. The van der Waals surface area contributed by atoms with Gasteiger partial charge in [0.15, 0.2) is 4.75 Å². The molecule has 0 unspecified atom stereocenters. The van der Waals surface area contributed by atoms with Gasteiger partial charge in [-0.15, -0.1) is 0 Å². The van der Waals surface area contributed by atoms with Crippen molar-refractivity contribution in [2.75, 3.05) is 11.9 Å². The predicted molar refractivity (Wildman–Crippen MR) is 71.5 cm³/mol. The Morgan fingerprint density at radius 2 is 1.76 bits per heavy atom. The average molecular weight is 326 g/mol. The minimum atomic E-state index is -3.45. The van der Waals surface area contributed by atoms with E-state index < -0.39 is 14.8 Å². The second kappa shape index (κ2) is 4.53. The van der Waals surface area contributed by atoms with E-state index in [1.54, 1.807) is 0 Å². The lowest BCUT2D eigenvalue weighted by Gasteiger charge is -2.47. The summed E-state index contributed by atoms with van der Waals surface area (Å²) in [4.78, 5) is 11.9. The van der Waals surface area contributed by atoms with E-state index >= 15 is 0 Å². The molecule has 17 heavy (non-hydrogen) atoms. The zero-order chi connectivity index (χ0) is 13.5.